The van der Waals surface area contributed by atoms with Gasteiger partial charge in [-0.15, -0.1) is 0 Å². The third-order valence-electron chi connectivity index (χ3n) is 4.13. The van der Waals surface area contributed by atoms with Crippen LogP contribution in [-0.4, -0.2) is 40.0 Å². The summed E-state index contributed by atoms with van der Waals surface area (Å²) < 4.78 is 0. The Morgan fingerprint density at radius 1 is 1.09 bits per heavy atom. The van der Waals surface area contributed by atoms with Gasteiger partial charge < -0.3 is 10.0 Å². The first-order valence-corrected chi connectivity index (χ1v) is 7.67. The normalized spacial score (nSPS) is 17.2. The van der Waals surface area contributed by atoms with E-state index in [9.17, 15) is 9.59 Å². The monoisotopic (exact) mass is 310 g/mol. The molecule has 1 saturated heterocycles. The van der Waals surface area contributed by atoms with Crippen LogP contribution < -0.4 is 0 Å². The molecule has 5 nitrogen and oxygen atoms in total. The molecule has 1 amide bonds. The minimum atomic E-state index is -1.12. The highest BCUT2D eigenvalue weighted by atomic mass is 16.4. The summed E-state index contributed by atoms with van der Waals surface area (Å²) >= 11 is 0. The lowest BCUT2D eigenvalue weighted by Crippen LogP contribution is -2.30. The summed E-state index contributed by atoms with van der Waals surface area (Å²) in [5, 5.41) is 8.98. The van der Waals surface area contributed by atoms with Gasteiger partial charge in [-0.05, 0) is 36.5 Å². The summed E-state index contributed by atoms with van der Waals surface area (Å²) in [4.78, 5) is 29.2. The van der Waals surface area contributed by atoms with Crippen molar-refractivity contribution >= 4 is 11.9 Å². The molecule has 23 heavy (non-hydrogen) atoms. The van der Waals surface area contributed by atoms with E-state index in [1.807, 2.05) is 18.2 Å². The van der Waals surface area contributed by atoms with Crippen molar-refractivity contribution in [3.8, 4) is 0 Å². The van der Waals surface area contributed by atoms with Crippen LogP contribution in [0, 0.1) is 5.92 Å². The average Bonchev–Trinajstić information content (AvgIpc) is 3.03. The molecule has 0 radical (unpaired) electrons. The van der Waals surface area contributed by atoms with Gasteiger partial charge in [-0.2, -0.15) is 0 Å². The SMILES string of the molecule is O=C(O)c1cccc(C(=O)N2CCC(Cc3ccccc3)C2)n1. The second-order valence-corrected chi connectivity index (χ2v) is 5.81. The predicted octanol–water partition coefficient (Wildman–Crippen LogP) is 2.48. The largest absolute Gasteiger partial charge is 0.477 e. The Balaban J connectivity index is 1.65. The zero-order valence-electron chi connectivity index (χ0n) is 12.7. The number of likely N-dealkylation sites (tertiary alicyclic amines) is 1. The number of carboxylic acids is 1. The molecule has 1 N–H and O–H groups in total. The summed E-state index contributed by atoms with van der Waals surface area (Å²) in [6.45, 7) is 1.38. The van der Waals surface area contributed by atoms with Crippen LogP contribution in [0.2, 0.25) is 0 Å². The van der Waals surface area contributed by atoms with Crippen LogP contribution in [0.25, 0.3) is 0 Å². The molecular weight excluding hydrogens is 292 g/mol. The highest BCUT2D eigenvalue weighted by Crippen LogP contribution is 2.22. The Kier molecular flexibility index (Phi) is 4.37. The number of aromatic carboxylic acids is 1. The molecule has 0 spiro atoms. The van der Waals surface area contributed by atoms with Crippen LogP contribution in [0.15, 0.2) is 48.5 Å². The van der Waals surface area contributed by atoms with Crippen molar-refractivity contribution < 1.29 is 14.7 Å². The van der Waals surface area contributed by atoms with Crippen molar-refractivity contribution in [2.45, 2.75) is 12.8 Å². The summed E-state index contributed by atoms with van der Waals surface area (Å²) in [6, 6.07) is 14.8. The van der Waals surface area contributed by atoms with Crippen molar-refractivity contribution in [2.75, 3.05) is 13.1 Å². The van der Waals surface area contributed by atoms with Gasteiger partial charge in [-0.1, -0.05) is 36.4 Å². The summed E-state index contributed by atoms with van der Waals surface area (Å²) in [5.74, 6) is -0.879. The Hall–Kier alpha value is -2.69. The Morgan fingerprint density at radius 3 is 2.57 bits per heavy atom. The van der Waals surface area contributed by atoms with E-state index in [1.165, 1.54) is 11.6 Å². The predicted molar refractivity (Wildman–Crippen MR) is 85.4 cm³/mol. The zero-order chi connectivity index (χ0) is 16.2. The summed E-state index contributed by atoms with van der Waals surface area (Å²) in [5.41, 5.74) is 1.37. The number of aromatic nitrogens is 1. The molecule has 1 aromatic heterocycles. The molecule has 2 heterocycles. The molecule has 1 aliphatic rings. The minimum absolute atomic E-state index is 0.101. The van der Waals surface area contributed by atoms with E-state index in [0.717, 1.165) is 12.8 Å². The second-order valence-electron chi connectivity index (χ2n) is 5.81. The highest BCUT2D eigenvalue weighted by molar-refractivity contribution is 5.94. The molecule has 1 aromatic carbocycles. The summed E-state index contributed by atoms with van der Waals surface area (Å²) in [7, 11) is 0. The van der Waals surface area contributed by atoms with E-state index in [0.29, 0.717) is 19.0 Å². The lowest BCUT2D eigenvalue weighted by molar-refractivity contribution is 0.0690. The summed E-state index contributed by atoms with van der Waals surface area (Å²) in [6.07, 6.45) is 1.91. The van der Waals surface area contributed by atoms with Crippen molar-refractivity contribution in [1.29, 1.82) is 0 Å². The van der Waals surface area contributed by atoms with Gasteiger partial charge in [-0.3, -0.25) is 4.79 Å². The first-order valence-electron chi connectivity index (χ1n) is 7.67. The lowest BCUT2D eigenvalue weighted by atomic mass is 9.99. The van der Waals surface area contributed by atoms with Crippen LogP contribution >= 0.6 is 0 Å². The zero-order valence-corrected chi connectivity index (χ0v) is 12.7. The van der Waals surface area contributed by atoms with Crippen LogP contribution in [0.1, 0.15) is 33.0 Å². The molecule has 0 saturated carbocycles. The fourth-order valence-electron chi connectivity index (χ4n) is 2.97. The Bertz CT molecular complexity index is 715. The standard InChI is InChI=1S/C18H18N2O3/c21-17(15-7-4-8-16(19-15)18(22)23)20-10-9-14(12-20)11-13-5-2-1-3-6-13/h1-8,14H,9-12H2,(H,22,23). The number of benzene rings is 1. The lowest BCUT2D eigenvalue weighted by Gasteiger charge is -2.16. The van der Waals surface area contributed by atoms with Gasteiger partial charge in [0, 0.05) is 13.1 Å². The average molecular weight is 310 g/mol. The van der Waals surface area contributed by atoms with Gasteiger partial charge in [0.2, 0.25) is 0 Å². The van der Waals surface area contributed by atoms with E-state index < -0.39 is 5.97 Å². The number of carbonyl (C=O) groups is 2. The third kappa shape index (κ3) is 3.56. The molecule has 1 fully saturated rings. The molecule has 1 aliphatic heterocycles. The maximum absolute atomic E-state index is 12.5. The molecule has 0 aliphatic carbocycles. The van der Waals surface area contributed by atoms with Crippen molar-refractivity contribution in [1.82, 2.24) is 9.88 Å². The first kappa shape index (κ1) is 15.2. The number of amides is 1. The van der Waals surface area contributed by atoms with Crippen LogP contribution in [0.4, 0.5) is 0 Å². The molecule has 1 unspecified atom stereocenters. The van der Waals surface area contributed by atoms with E-state index in [1.54, 1.807) is 17.0 Å². The molecular formula is C18H18N2O3. The van der Waals surface area contributed by atoms with E-state index >= 15 is 0 Å². The quantitative estimate of drug-likeness (QED) is 0.942. The highest BCUT2D eigenvalue weighted by Gasteiger charge is 2.28. The van der Waals surface area contributed by atoms with Gasteiger partial charge in [0.05, 0.1) is 0 Å². The number of rotatable bonds is 4. The molecule has 5 heteroatoms. The third-order valence-corrected chi connectivity index (χ3v) is 4.13. The second kappa shape index (κ2) is 6.60. The van der Waals surface area contributed by atoms with Crippen molar-refractivity contribution in [3.05, 3.63) is 65.5 Å². The fraction of sp³-hybridized carbons (Fsp3) is 0.278. The number of nitrogens with zero attached hydrogens (tertiary/aromatic N) is 2. The van der Waals surface area contributed by atoms with Crippen LogP contribution in [0.5, 0.6) is 0 Å². The van der Waals surface area contributed by atoms with Crippen LogP contribution in [-0.2, 0) is 6.42 Å². The molecule has 1 atom stereocenters. The van der Waals surface area contributed by atoms with Gasteiger partial charge in [0.1, 0.15) is 11.4 Å². The molecule has 118 valence electrons. The maximum Gasteiger partial charge on any atom is 0.354 e. The smallest absolute Gasteiger partial charge is 0.354 e. The van der Waals surface area contributed by atoms with Gasteiger partial charge in [-0.25, -0.2) is 9.78 Å². The van der Waals surface area contributed by atoms with Gasteiger partial charge in [0.15, 0.2) is 0 Å². The number of carboxylic acid groups (broad SMARTS) is 1. The molecule has 0 bridgehead atoms. The number of hydrogen-bond acceptors (Lipinski definition) is 3. The Labute approximate surface area is 134 Å². The minimum Gasteiger partial charge on any atom is -0.477 e. The van der Waals surface area contributed by atoms with Gasteiger partial charge in [0.25, 0.3) is 5.91 Å². The number of hydrogen-bond donors (Lipinski definition) is 1. The molecule has 3 rings (SSSR count). The number of carbonyl (C=O) groups excluding carboxylic acids is 1. The number of pyridine rings is 1. The van der Waals surface area contributed by atoms with E-state index in [-0.39, 0.29) is 17.3 Å². The van der Waals surface area contributed by atoms with Crippen molar-refractivity contribution in [2.24, 2.45) is 5.92 Å². The maximum atomic E-state index is 12.5. The Morgan fingerprint density at radius 2 is 1.83 bits per heavy atom. The fourth-order valence-corrected chi connectivity index (χ4v) is 2.97. The first-order chi connectivity index (χ1) is 11.1. The van der Waals surface area contributed by atoms with Crippen molar-refractivity contribution in [3.63, 3.8) is 0 Å². The van der Waals surface area contributed by atoms with Gasteiger partial charge >= 0.3 is 5.97 Å². The topological polar surface area (TPSA) is 70.5 Å². The van der Waals surface area contributed by atoms with Crippen LogP contribution in [0.3, 0.4) is 0 Å². The molecule has 2 aromatic rings. The van der Waals surface area contributed by atoms with E-state index in [4.69, 9.17) is 5.11 Å². The van der Waals surface area contributed by atoms with E-state index in [2.05, 4.69) is 17.1 Å².